The highest BCUT2D eigenvalue weighted by molar-refractivity contribution is 5.06. The number of ether oxygens (including phenoxy) is 2. The molecule has 0 amide bonds. The molecule has 1 aliphatic heterocycles. The van der Waals surface area contributed by atoms with E-state index in [1.165, 1.54) is 18.4 Å². The highest BCUT2D eigenvalue weighted by atomic mass is 16.7. The van der Waals surface area contributed by atoms with Gasteiger partial charge < -0.3 is 9.47 Å². The van der Waals surface area contributed by atoms with Gasteiger partial charge in [-0.15, -0.1) is 0 Å². The molecule has 0 unspecified atom stereocenters. The minimum Gasteiger partial charge on any atom is -0.475 e. The summed E-state index contributed by atoms with van der Waals surface area (Å²) in [5.74, 6) is 2.24. The maximum absolute atomic E-state index is 5.44. The van der Waals surface area contributed by atoms with Crippen LogP contribution in [0.15, 0.2) is 11.8 Å². The van der Waals surface area contributed by atoms with E-state index in [1.54, 1.807) is 0 Å². The Morgan fingerprint density at radius 2 is 2.23 bits per heavy atom. The number of allylic oxidation sites excluding steroid dienone is 1. The maximum Gasteiger partial charge on any atom is 0.188 e. The second kappa shape index (κ2) is 3.70. The molecule has 2 aliphatic rings. The zero-order valence-corrected chi connectivity index (χ0v) is 8.45. The van der Waals surface area contributed by atoms with Crippen molar-refractivity contribution in [1.82, 2.24) is 0 Å². The summed E-state index contributed by atoms with van der Waals surface area (Å²) >= 11 is 0. The topological polar surface area (TPSA) is 18.5 Å². The van der Waals surface area contributed by atoms with E-state index in [0.29, 0.717) is 12.7 Å². The van der Waals surface area contributed by atoms with Crippen molar-refractivity contribution in [2.75, 3.05) is 13.4 Å². The van der Waals surface area contributed by atoms with Gasteiger partial charge in [0.1, 0.15) is 0 Å². The summed E-state index contributed by atoms with van der Waals surface area (Å²) in [5.41, 5.74) is 1.40. The monoisotopic (exact) mass is 182 g/mol. The van der Waals surface area contributed by atoms with Crippen molar-refractivity contribution in [3.05, 3.63) is 11.8 Å². The first-order valence-corrected chi connectivity index (χ1v) is 5.15. The first-order valence-electron chi connectivity index (χ1n) is 5.15. The lowest BCUT2D eigenvalue weighted by atomic mass is 9.87. The fourth-order valence-electron chi connectivity index (χ4n) is 2.60. The molecule has 0 saturated heterocycles. The lowest BCUT2D eigenvalue weighted by Gasteiger charge is -2.25. The molecule has 1 heterocycles. The molecule has 13 heavy (non-hydrogen) atoms. The summed E-state index contributed by atoms with van der Waals surface area (Å²) in [6.45, 7) is 5.81. The highest BCUT2D eigenvalue weighted by Crippen LogP contribution is 2.41. The van der Waals surface area contributed by atoms with Crippen LogP contribution in [0, 0.1) is 17.8 Å². The van der Waals surface area contributed by atoms with E-state index in [4.69, 9.17) is 9.47 Å². The average molecular weight is 182 g/mol. The second-order valence-electron chi connectivity index (χ2n) is 4.34. The molecular formula is C11H18O2. The normalized spacial score (nSPS) is 39.8. The molecule has 0 N–H and O–H groups in total. The number of rotatable bonds is 0. The Balaban J connectivity index is 2.14. The van der Waals surface area contributed by atoms with Gasteiger partial charge in [0.15, 0.2) is 6.79 Å². The fourth-order valence-corrected chi connectivity index (χ4v) is 2.60. The molecule has 2 heteroatoms. The van der Waals surface area contributed by atoms with Gasteiger partial charge >= 0.3 is 0 Å². The van der Waals surface area contributed by atoms with Crippen molar-refractivity contribution in [1.29, 1.82) is 0 Å². The van der Waals surface area contributed by atoms with Gasteiger partial charge in [-0.2, -0.15) is 0 Å². The van der Waals surface area contributed by atoms with E-state index >= 15 is 0 Å². The van der Waals surface area contributed by atoms with Crippen LogP contribution < -0.4 is 0 Å². The molecule has 0 spiro atoms. The summed E-state index contributed by atoms with van der Waals surface area (Å²) in [7, 11) is 0. The molecule has 3 atom stereocenters. The van der Waals surface area contributed by atoms with Gasteiger partial charge in [-0.1, -0.05) is 6.92 Å². The number of hydrogen-bond acceptors (Lipinski definition) is 2. The van der Waals surface area contributed by atoms with Crippen LogP contribution in [-0.4, -0.2) is 13.4 Å². The van der Waals surface area contributed by atoms with Crippen molar-refractivity contribution in [3.63, 3.8) is 0 Å². The molecule has 1 aliphatic carbocycles. The first-order chi connectivity index (χ1) is 6.29. The quantitative estimate of drug-likeness (QED) is 0.573. The lowest BCUT2D eigenvalue weighted by molar-refractivity contribution is -0.0427. The zero-order chi connectivity index (χ0) is 9.26. The Bertz CT molecular complexity index is 210. The second-order valence-corrected chi connectivity index (χ2v) is 4.34. The van der Waals surface area contributed by atoms with Gasteiger partial charge in [0.2, 0.25) is 0 Å². The van der Waals surface area contributed by atoms with E-state index in [2.05, 4.69) is 13.8 Å². The minimum absolute atomic E-state index is 0.424. The van der Waals surface area contributed by atoms with E-state index in [0.717, 1.165) is 18.4 Å². The van der Waals surface area contributed by atoms with Gasteiger partial charge in [-0.05, 0) is 43.1 Å². The standard InChI is InChI=1S/C11H18O2/c1-8-3-4-10-9(2)5-12-7-13-6-11(8)10/h5,8,10-11H,3-4,6-7H2,1-2H3/t8-,10-,11-/m0/s1. The Kier molecular flexibility index (Phi) is 2.58. The fraction of sp³-hybridized carbons (Fsp3) is 0.818. The molecule has 0 aromatic carbocycles. The third-order valence-corrected chi connectivity index (χ3v) is 3.50. The molecule has 74 valence electrons. The molecule has 1 saturated carbocycles. The maximum atomic E-state index is 5.44. The number of fused-ring (bicyclic) bond motifs is 1. The van der Waals surface area contributed by atoms with E-state index in [1.807, 2.05) is 6.26 Å². The van der Waals surface area contributed by atoms with Crippen LogP contribution in [-0.2, 0) is 9.47 Å². The van der Waals surface area contributed by atoms with Gasteiger partial charge in [0, 0.05) is 0 Å². The van der Waals surface area contributed by atoms with Crippen molar-refractivity contribution < 1.29 is 9.47 Å². The summed E-state index contributed by atoms with van der Waals surface area (Å²) in [6, 6.07) is 0. The first kappa shape index (κ1) is 9.07. The largest absolute Gasteiger partial charge is 0.475 e. The van der Waals surface area contributed by atoms with Gasteiger partial charge in [-0.3, -0.25) is 0 Å². The van der Waals surface area contributed by atoms with Crippen molar-refractivity contribution in [3.8, 4) is 0 Å². The molecule has 0 aromatic heterocycles. The van der Waals surface area contributed by atoms with Crippen LogP contribution in [0.3, 0.4) is 0 Å². The number of hydrogen-bond donors (Lipinski definition) is 0. The van der Waals surface area contributed by atoms with Crippen molar-refractivity contribution in [2.45, 2.75) is 26.7 Å². The summed E-state index contributed by atoms with van der Waals surface area (Å²) in [4.78, 5) is 0. The third-order valence-electron chi connectivity index (χ3n) is 3.50. The van der Waals surface area contributed by atoms with Crippen molar-refractivity contribution >= 4 is 0 Å². The smallest absolute Gasteiger partial charge is 0.188 e. The minimum atomic E-state index is 0.424. The van der Waals surface area contributed by atoms with Crippen LogP contribution in [0.4, 0.5) is 0 Å². The van der Waals surface area contributed by atoms with Crippen LogP contribution >= 0.6 is 0 Å². The van der Waals surface area contributed by atoms with E-state index in [9.17, 15) is 0 Å². The molecule has 0 radical (unpaired) electrons. The van der Waals surface area contributed by atoms with Crippen LogP contribution in [0.5, 0.6) is 0 Å². The molecule has 0 bridgehead atoms. The molecular weight excluding hydrogens is 164 g/mol. The Morgan fingerprint density at radius 1 is 1.38 bits per heavy atom. The third kappa shape index (κ3) is 1.73. The van der Waals surface area contributed by atoms with Gasteiger partial charge in [0.25, 0.3) is 0 Å². The van der Waals surface area contributed by atoms with E-state index in [-0.39, 0.29) is 0 Å². The molecule has 2 nitrogen and oxygen atoms in total. The Labute approximate surface area is 79.9 Å². The SMILES string of the molecule is CC1=COCOC[C@H]2[C@@H](C)CC[C@@H]12. The summed E-state index contributed by atoms with van der Waals surface area (Å²) in [6.07, 6.45) is 4.53. The van der Waals surface area contributed by atoms with Gasteiger partial charge in [-0.25, -0.2) is 0 Å². The van der Waals surface area contributed by atoms with Gasteiger partial charge in [0.05, 0.1) is 12.9 Å². The summed E-state index contributed by atoms with van der Waals surface area (Å²) in [5, 5.41) is 0. The zero-order valence-electron chi connectivity index (χ0n) is 8.45. The predicted octanol–water partition coefficient (Wildman–Crippen LogP) is 2.56. The summed E-state index contributed by atoms with van der Waals surface area (Å²) < 4.78 is 10.7. The molecule has 0 aromatic rings. The van der Waals surface area contributed by atoms with E-state index < -0.39 is 0 Å². The highest BCUT2D eigenvalue weighted by Gasteiger charge is 2.35. The molecule has 1 fully saturated rings. The average Bonchev–Trinajstić information content (AvgIpc) is 2.43. The van der Waals surface area contributed by atoms with Crippen LogP contribution in [0.25, 0.3) is 0 Å². The Morgan fingerprint density at radius 3 is 3.08 bits per heavy atom. The van der Waals surface area contributed by atoms with Crippen LogP contribution in [0.2, 0.25) is 0 Å². The van der Waals surface area contributed by atoms with Crippen molar-refractivity contribution in [2.24, 2.45) is 17.8 Å². The predicted molar refractivity (Wildman–Crippen MR) is 51.0 cm³/mol. The molecule has 2 rings (SSSR count). The lowest BCUT2D eigenvalue weighted by Crippen LogP contribution is -2.22. The van der Waals surface area contributed by atoms with Crippen LogP contribution in [0.1, 0.15) is 26.7 Å². The Hall–Kier alpha value is -0.500.